The summed E-state index contributed by atoms with van der Waals surface area (Å²) in [6.45, 7) is 4.39. The summed E-state index contributed by atoms with van der Waals surface area (Å²) in [6.07, 6.45) is 6.57. The average Bonchev–Trinajstić information content (AvgIpc) is 2.97. The minimum Gasteiger partial charge on any atom is -0.314 e. The number of pyridine rings is 1. The molecule has 0 unspecified atom stereocenters. The summed E-state index contributed by atoms with van der Waals surface area (Å²) in [4.78, 5) is 0. The van der Waals surface area contributed by atoms with E-state index >= 15 is 0 Å². The van der Waals surface area contributed by atoms with E-state index in [2.05, 4.69) is 97.4 Å². The van der Waals surface area contributed by atoms with Crippen molar-refractivity contribution in [2.75, 3.05) is 0 Å². The maximum Gasteiger partial charge on any atom is 0.0743 e. The van der Waals surface area contributed by atoms with Crippen LogP contribution < -0.4 is 0 Å². The van der Waals surface area contributed by atoms with Gasteiger partial charge in [0.2, 0.25) is 0 Å². The van der Waals surface area contributed by atoms with Crippen molar-refractivity contribution in [3.05, 3.63) is 101 Å². The van der Waals surface area contributed by atoms with Gasteiger partial charge in [-0.05, 0) is 53.8 Å². The highest BCUT2D eigenvalue weighted by Crippen LogP contribution is 2.32. The molecule has 117 valence electrons. The number of rotatable bonds is 3. The van der Waals surface area contributed by atoms with Gasteiger partial charge in [-0.2, -0.15) is 0 Å². The summed E-state index contributed by atoms with van der Waals surface area (Å²) in [7, 11) is 0. The molecule has 0 spiro atoms. The molecule has 0 aliphatic carbocycles. The van der Waals surface area contributed by atoms with Gasteiger partial charge in [-0.25, -0.2) is 0 Å². The predicted octanol–water partition coefficient (Wildman–Crippen LogP) is 5.61. The van der Waals surface area contributed by atoms with Crippen LogP contribution in [0.15, 0.2) is 72.9 Å². The van der Waals surface area contributed by atoms with Gasteiger partial charge in [0, 0.05) is 18.2 Å². The third-order valence-corrected chi connectivity index (χ3v) is 4.73. The van der Waals surface area contributed by atoms with Gasteiger partial charge in [0.25, 0.3) is 0 Å². The van der Waals surface area contributed by atoms with Gasteiger partial charge in [-0.3, -0.25) is 0 Å². The molecule has 4 rings (SSSR count). The van der Waals surface area contributed by atoms with E-state index in [1.807, 2.05) is 0 Å². The number of fused-ring (bicyclic) bond motifs is 1. The molecule has 24 heavy (non-hydrogen) atoms. The maximum absolute atomic E-state index is 3.58. The first-order chi connectivity index (χ1) is 11.7. The predicted molar refractivity (Wildman–Crippen MR) is 100 cm³/mol. The third-order valence-electron chi connectivity index (χ3n) is 4.73. The van der Waals surface area contributed by atoms with Gasteiger partial charge in [0.1, 0.15) is 0 Å². The Morgan fingerprint density at radius 2 is 1.50 bits per heavy atom. The van der Waals surface area contributed by atoms with Crippen LogP contribution >= 0.6 is 0 Å². The van der Waals surface area contributed by atoms with Crippen LogP contribution in [0.5, 0.6) is 0 Å². The van der Waals surface area contributed by atoms with Crippen molar-refractivity contribution in [3.8, 4) is 11.1 Å². The Bertz CT molecular complexity index is 973. The fraction of sp³-hybridized carbons (Fsp3) is 0.130. The number of hydrogen-bond donors (Lipinski definition) is 0. The molecule has 0 aliphatic heterocycles. The summed E-state index contributed by atoms with van der Waals surface area (Å²) < 4.78 is 2.12. The highest BCUT2D eigenvalue weighted by molar-refractivity contribution is 5.84. The number of nitrogens with zero attached hydrogens (tertiary/aromatic N) is 1. The van der Waals surface area contributed by atoms with Crippen LogP contribution in [0, 0.1) is 20.0 Å². The zero-order valence-electron chi connectivity index (χ0n) is 14.1. The van der Waals surface area contributed by atoms with Crippen LogP contribution in [0.25, 0.3) is 16.6 Å². The molecular weight excluding hydrogens is 290 g/mol. The zero-order valence-corrected chi connectivity index (χ0v) is 14.1. The molecule has 0 N–H and O–H groups in total. The van der Waals surface area contributed by atoms with Crippen molar-refractivity contribution < 1.29 is 0 Å². The van der Waals surface area contributed by atoms with E-state index in [9.17, 15) is 0 Å². The van der Waals surface area contributed by atoms with Gasteiger partial charge >= 0.3 is 0 Å². The molecule has 2 aromatic carbocycles. The molecule has 2 heterocycles. The van der Waals surface area contributed by atoms with E-state index in [-0.39, 0.29) is 0 Å². The van der Waals surface area contributed by atoms with Crippen molar-refractivity contribution in [1.82, 2.24) is 4.40 Å². The molecule has 0 saturated carbocycles. The normalized spacial score (nSPS) is 11.1. The Morgan fingerprint density at radius 3 is 2.25 bits per heavy atom. The molecule has 0 saturated heterocycles. The molecular formula is C23H20N. The molecule has 1 nitrogen and oxygen atoms in total. The van der Waals surface area contributed by atoms with Crippen molar-refractivity contribution in [3.63, 3.8) is 0 Å². The SMILES string of the molecule is Cc1cccc(C)c1Cc1[c]n2ccccc2c1-c1ccccc1. The van der Waals surface area contributed by atoms with Gasteiger partial charge in [0.05, 0.1) is 11.7 Å². The summed E-state index contributed by atoms with van der Waals surface area (Å²) >= 11 is 0. The van der Waals surface area contributed by atoms with Crippen LogP contribution in [-0.2, 0) is 6.42 Å². The van der Waals surface area contributed by atoms with E-state index in [4.69, 9.17) is 0 Å². The quantitative estimate of drug-likeness (QED) is 0.463. The van der Waals surface area contributed by atoms with Gasteiger partial charge < -0.3 is 4.40 Å². The summed E-state index contributed by atoms with van der Waals surface area (Å²) in [5.41, 5.74) is 9.11. The Morgan fingerprint density at radius 1 is 0.792 bits per heavy atom. The number of aryl methyl sites for hydroxylation is 2. The second-order valence-electron chi connectivity index (χ2n) is 6.33. The second kappa shape index (κ2) is 6.01. The van der Waals surface area contributed by atoms with Crippen molar-refractivity contribution in [2.45, 2.75) is 20.3 Å². The lowest BCUT2D eigenvalue weighted by Crippen LogP contribution is -1.96. The smallest absolute Gasteiger partial charge is 0.0743 e. The second-order valence-corrected chi connectivity index (χ2v) is 6.33. The summed E-state index contributed by atoms with van der Waals surface area (Å²) in [6, 6.07) is 23.5. The van der Waals surface area contributed by atoms with Crippen molar-refractivity contribution in [2.24, 2.45) is 0 Å². The minimum absolute atomic E-state index is 0.907. The Kier molecular flexibility index (Phi) is 3.70. The highest BCUT2D eigenvalue weighted by Gasteiger charge is 2.15. The molecule has 2 aromatic heterocycles. The molecule has 0 bridgehead atoms. The largest absolute Gasteiger partial charge is 0.314 e. The van der Waals surface area contributed by atoms with Gasteiger partial charge in [-0.15, -0.1) is 0 Å². The molecule has 0 aliphatic rings. The van der Waals surface area contributed by atoms with E-state index in [0.717, 1.165) is 6.42 Å². The molecule has 4 aromatic rings. The van der Waals surface area contributed by atoms with Gasteiger partial charge in [-0.1, -0.05) is 54.6 Å². The lowest BCUT2D eigenvalue weighted by atomic mass is 9.93. The van der Waals surface area contributed by atoms with Crippen LogP contribution in [0.4, 0.5) is 0 Å². The monoisotopic (exact) mass is 310 g/mol. The average molecular weight is 310 g/mol. The first-order valence-electron chi connectivity index (χ1n) is 8.36. The van der Waals surface area contributed by atoms with Crippen LogP contribution in [0.2, 0.25) is 0 Å². The highest BCUT2D eigenvalue weighted by atomic mass is 14.9. The first-order valence-corrected chi connectivity index (χ1v) is 8.36. The van der Waals surface area contributed by atoms with Crippen molar-refractivity contribution in [1.29, 1.82) is 0 Å². The lowest BCUT2D eigenvalue weighted by molar-refractivity contribution is 1.10. The standard InChI is InChI=1S/C23H20N/c1-17-9-8-10-18(2)21(17)15-20-16-24-14-7-6-13-22(24)23(20)19-11-4-3-5-12-19/h3-14H,15H2,1-2H3. The first kappa shape index (κ1) is 14.8. The van der Waals surface area contributed by atoms with Gasteiger partial charge in [0.15, 0.2) is 0 Å². The number of hydrogen-bond acceptors (Lipinski definition) is 0. The molecule has 0 atom stereocenters. The zero-order chi connectivity index (χ0) is 16.5. The Hall–Kier alpha value is -2.80. The van der Waals surface area contributed by atoms with Crippen LogP contribution in [0.1, 0.15) is 22.3 Å². The van der Waals surface area contributed by atoms with Crippen LogP contribution in [0.3, 0.4) is 0 Å². The van der Waals surface area contributed by atoms with E-state index < -0.39 is 0 Å². The Balaban J connectivity index is 1.92. The van der Waals surface area contributed by atoms with E-state index in [1.54, 1.807) is 0 Å². The minimum atomic E-state index is 0.907. The fourth-order valence-corrected chi connectivity index (χ4v) is 3.46. The van der Waals surface area contributed by atoms with Crippen molar-refractivity contribution >= 4 is 5.52 Å². The maximum atomic E-state index is 3.58. The fourth-order valence-electron chi connectivity index (χ4n) is 3.46. The number of aromatic nitrogens is 1. The molecule has 1 heteroatoms. The van der Waals surface area contributed by atoms with E-state index in [1.165, 1.54) is 38.9 Å². The summed E-state index contributed by atoms with van der Waals surface area (Å²) in [5, 5.41) is 0. The number of benzene rings is 2. The molecule has 0 fully saturated rings. The third kappa shape index (κ3) is 2.52. The topological polar surface area (TPSA) is 4.41 Å². The Labute approximate surface area is 143 Å². The van der Waals surface area contributed by atoms with E-state index in [0.29, 0.717) is 0 Å². The molecule has 0 amide bonds. The molecule has 1 radical (unpaired) electrons. The summed E-state index contributed by atoms with van der Waals surface area (Å²) in [5.74, 6) is 0. The van der Waals surface area contributed by atoms with Crippen LogP contribution in [-0.4, -0.2) is 4.40 Å². The lowest BCUT2D eigenvalue weighted by Gasteiger charge is -2.10.